The van der Waals surface area contributed by atoms with Crippen LogP contribution in [0.3, 0.4) is 0 Å². The summed E-state index contributed by atoms with van der Waals surface area (Å²) in [5, 5.41) is 13.9. The van der Waals surface area contributed by atoms with Crippen molar-refractivity contribution >= 4 is 11.4 Å². The molecule has 6 heteroatoms. The minimum Gasteiger partial charge on any atom is -0.496 e. The Hall–Kier alpha value is -1.82. The fourth-order valence-electron chi connectivity index (χ4n) is 1.45. The quantitative estimate of drug-likeness (QED) is 0.583. The zero-order chi connectivity index (χ0) is 12.8. The Bertz CT molecular complexity index is 392. The topological polar surface area (TPSA) is 90.4 Å². The molecule has 0 aliphatic heterocycles. The normalized spacial score (nSPS) is 11.9. The van der Waals surface area contributed by atoms with Gasteiger partial charge in [-0.15, -0.1) is 0 Å². The van der Waals surface area contributed by atoms with Crippen molar-refractivity contribution < 1.29 is 9.66 Å². The largest absolute Gasteiger partial charge is 0.496 e. The van der Waals surface area contributed by atoms with Crippen LogP contribution in [0.4, 0.5) is 11.4 Å². The van der Waals surface area contributed by atoms with Crippen LogP contribution in [0.25, 0.3) is 0 Å². The molecule has 0 aliphatic carbocycles. The first kappa shape index (κ1) is 13.2. The minimum absolute atomic E-state index is 0.00118. The monoisotopic (exact) mass is 239 g/mol. The number of methoxy groups -OCH3 is 1. The maximum Gasteiger partial charge on any atom is 0.275 e. The molecule has 0 heterocycles. The summed E-state index contributed by atoms with van der Waals surface area (Å²) in [7, 11) is 1.48. The molecular formula is C11H17N3O3. The predicted octanol–water partition coefficient (Wildman–Crippen LogP) is 1.75. The Morgan fingerprint density at radius 3 is 2.71 bits per heavy atom. The molecule has 1 unspecified atom stereocenters. The number of anilines is 1. The number of nitrogens with two attached hydrogens (primary N) is 1. The lowest BCUT2D eigenvalue weighted by molar-refractivity contribution is -0.384. The van der Waals surface area contributed by atoms with Crippen LogP contribution in [0.1, 0.15) is 13.3 Å². The Balaban J connectivity index is 2.98. The average Bonchev–Trinajstić information content (AvgIpc) is 2.35. The first-order valence-corrected chi connectivity index (χ1v) is 5.40. The van der Waals surface area contributed by atoms with Crippen molar-refractivity contribution in [3.05, 3.63) is 28.3 Å². The van der Waals surface area contributed by atoms with Gasteiger partial charge in [-0.1, -0.05) is 6.92 Å². The molecule has 0 aromatic heterocycles. The summed E-state index contributed by atoms with van der Waals surface area (Å²) in [6.07, 6.45) is 0.849. The number of hydrogen-bond acceptors (Lipinski definition) is 5. The van der Waals surface area contributed by atoms with E-state index in [9.17, 15) is 10.1 Å². The van der Waals surface area contributed by atoms with Gasteiger partial charge in [0.25, 0.3) is 5.69 Å². The van der Waals surface area contributed by atoms with E-state index in [1.165, 1.54) is 19.2 Å². The molecule has 0 saturated carbocycles. The molecule has 3 N–H and O–H groups in total. The molecule has 0 saturated heterocycles. The number of ether oxygens (including phenoxy) is 1. The second-order valence-corrected chi connectivity index (χ2v) is 3.66. The standard InChI is InChI=1S/C11H17N3O3/c1-3-8(7-12)13-9-4-10(14(15)16)6-11(5-9)17-2/h4-6,8,13H,3,7,12H2,1-2H3. The van der Waals surface area contributed by atoms with Gasteiger partial charge in [0.1, 0.15) is 5.75 Å². The fraction of sp³-hybridized carbons (Fsp3) is 0.455. The second kappa shape index (κ2) is 6.05. The molecule has 17 heavy (non-hydrogen) atoms. The van der Waals surface area contributed by atoms with Crippen molar-refractivity contribution in [2.75, 3.05) is 19.0 Å². The highest BCUT2D eigenvalue weighted by atomic mass is 16.6. The van der Waals surface area contributed by atoms with Gasteiger partial charge in [-0.3, -0.25) is 10.1 Å². The third kappa shape index (κ3) is 3.60. The molecule has 0 amide bonds. The van der Waals surface area contributed by atoms with E-state index in [1.807, 2.05) is 6.92 Å². The van der Waals surface area contributed by atoms with Crippen LogP contribution >= 0.6 is 0 Å². The molecule has 94 valence electrons. The molecule has 1 rings (SSSR count). The van der Waals surface area contributed by atoms with Crippen molar-refractivity contribution in [3.63, 3.8) is 0 Å². The molecule has 1 atom stereocenters. The first-order chi connectivity index (χ1) is 8.10. The summed E-state index contributed by atoms with van der Waals surface area (Å²) in [5.41, 5.74) is 6.22. The lowest BCUT2D eigenvalue weighted by atomic mass is 10.2. The zero-order valence-electron chi connectivity index (χ0n) is 9.97. The molecular weight excluding hydrogens is 222 g/mol. The van der Waals surface area contributed by atoms with E-state index >= 15 is 0 Å². The summed E-state index contributed by atoms with van der Waals surface area (Å²) in [5.74, 6) is 0.452. The van der Waals surface area contributed by atoms with Crippen molar-refractivity contribution in [3.8, 4) is 5.75 Å². The van der Waals surface area contributed by atoms with Gasteiger partial charge >= 0.3 is 0 Å². The van der Waals surface area contributed by atoms with E-state index in [0.29, 0.717) is 18.0 Å². The fourth-order valence-corrected chi connectivity index (χ4v) is 1.45. The third-order valence-electron chi connectivity index (χ3n) is 2.49. The highest BCUT2D eigenvalue weighted by Crippen LogP contribution is 2.26. The van der Waals surface area contributed by atoms with Crippen molar-refractivity contribution in [1.82, 2.24) is 0 Å². The summed E-state index contributed by atoms with van der Waals surface area (Å²) >= 11 is 0. The van der Waals surface area contributed by atoms with E-state index in [0.717, 1.165) is 6.42 Å². The van der Waals surface area contributed by atoms with E-state index in [2.05, 4.69) is 5.32 Å². The second-order valence-electron chi connectivity index (χ2n) is 3.66. The van der Waals surface area contributed by atoms with Gasteiger partial charge in [0.2, 0.25) is 0 Å². The Morgan fingerprint density at radius 2 is 2.24 bits per heavy atom. The van der Waals surface area contributed by atoms with E-state index in [-0.39, 0.29) is 11.7 Å². The smallest absolute Gasteiger partial charge is 0.275 e. The van der Waals surface area contributed by atoms with Crippen LogP contribution in [0.2, 0.25) is 0 Å². The van der Waals surface area contributed by atoms with Gasteiger partial charge in [0, 0.05) is 30.4 Å². The molecule has 0 fully saturated rings. The summed E-state index contributed by atoms with van der Waals surface area (Å²) in [6, 6.07) is 4.67. The zero-order valence-corrected chi connectivity index (χ0v) is 9.97. The van der Waals surface area contributed by atoms with E-state index in [1.54, 1.807) is 6.07 Å². The number of nitro benzene ring substituents is 1. The van der Waals surface area contributed by atoms with Crippen LogP contribution in [-0.2, 0) is 0 Å². The number of benzene rings is 1. The molecule has 0 spiro atoms. The van der Waals surface area contributed by atoms with Gasteiger partial charge in [0.15, 0.2) is 0 Å². The molecule has 1 aromatic rings. The summed E-state index contributed by atoms with van der Waals surface area (Å²) in [4.78, 5) is 10.3. The van der Waals surface area contributed by atoms with Gasteiger partial charge in [-0.25, -0.2) is 0 Å². The first-order valence-electron chi connectivity index (χ1n) is 5.40. The van der Waals surface area contributed by atoms with Gasteiger partial charge in [0.05, 0.1) is 18.1 Å². The SMILES string of the molecule is CCC(CN)Nc1cc(OC)cc([N+](=O)[O-])c1. The number of hydrogen-bond donors (Lipinski definition) is 2. The maximum absolute atomic E-state index is 10.7. The predicted molar refractivity (Wildman–Crippen MR) is 66.4 cm³/mol. The van der Waals surface area contributed by atoms with E-state index in [4.69, 9.17) is 10.5 Å². The average molecular weight is 239 g/mol. The molecule has 0 radical (unpaired) electrons. The van der Waals surface area contributed by atoms with Crippen LogP contribution in [0, 0.1) is 10.1 Å². The van der Waals surface area contributed by atoms with Crippen molar-refractivity contribution in [1.29, 1.82) is 0 Å². The highest BCUT2D eigenvalue weighted by molar-refractivity contribution is 5.56. The highest BCUT2D eigenvalue weighted by Gasteiger charge is 2.12. The summed E-state index contributed by atoms with van der Waals surface area (Å²) < 4.78 is 5.02. The van der Waals surface area contributed by atoms with E-state index < -0.39 is 4.92 Å². The van der Waals surface area contributed by atoms with Crippen molar-refractivity contribution in [2.45, 2.75) is 19.4 Å². The maximum atomic E-state index is 10.7. The number of nitrogens with one attached hydrogen (secondary N) is 1. The molecule has 1 aromatic carbocycles. The molecule has 6 nitrogen and oxygen atoms in total. The molecule has 0 aliphatic rings. The Morgan fingerprint density at radius 1 is 1.53 bits per heavy atom. The van der Waals surface area contributed by atoms with Gasteiger partial charge < -0.3 is 15.8 Å². The number of nitro groups is 1. The van der Waals surface area contributed by atoms with Crippen molar-refractivity contribution in [2.24, 2.45) is 5.73 Å². The molecule has 0 bridgehead atoms. The minimum atomic E-state index is -0.447. The third-order valence-corrected chi connectivity index (χ3v) is 2.49. The van der Waals surface area contributed by atoms with Crippen LogP contribution in [0.5, 0.6) is 5.75 Å². The number of rotatable bonds is 6. The number of non-ortho nitro benzene ring substituents is 1. The number of nitrogens with zero attached hydrogens (tertiary/aromatic N) is 1. The van der Waals surface area contributed by atoms with Crippen LogP contribution in [-0.4, -0.2) is 24.6 Å². The summed E-state index contributed by atoms with van der Waals surface area (Å²) in [6.45, 7) is 2.47. The Labute approximate surface area is 99.9 Å². The van der Waals surface area contributed by atoms with Crippen LogP contribution < -0.4 is 15.8 Å². The lowest BCUT2D eigenvalue weighted by Crippen LogP contribution is -2.27. The van der Waals surface area contributed by atoms with Crippen LogP contribution in [0.15, 0.2) is 18.2 Å². The Kier molecular flexibility index (Phi) is 4.71. The van der Waals surface area contributed by atoms with Gasteiger partial charge in [-0.2, -0.15) is 0 Å². The van der Waals surface area contributed by atoms with Gasteiger partial charge in [-0.05, 0) is 6.42 Å². The lowest BCUT2D eigenvalue weighted by Gasteiger charge is -2.16.